The Hall–Kier alpha value is -3.53. The van der Waals surface area contributed by atoms with Gasteiger partial charge in [-0.05, 0) is 25.3 Å². The Kier molecular flexibility index (Phi) is 5.17. The van der Waals surface area contributed by atoms with Crippen molar-refractivity contribution in [2.45, 2.75) is 31.3 Å². The Morgan fingerprint density at radius 2 is 2.15 bits per heavy atom. The smallest absolute Gasteiger partial charge is 0.256 e. The van der Waals surface area contributed by atoms with E-state index in [0.717, 1.165) is 60.3 Å². The molecule has 5 heterocycles. The molecule has 0 unspecified atom stereocenters. The zero-order chi connectivity index (χ0) is 23.2. The van der Waals surface area contributed by atoms with Crippen molar-refractivity contribution in [1.82, 2.24) is 34.4 Å². The summed E-state index contributed by atoms with van der Waals surface area (Å²) in [6.07, 6.45) is 10.4. The number of halogens is 1. The Morgan fingerprint density at radius 3 is 2.94 bits per heavy atom. The van der Waals surface area contributed by atoms with Crippen molar-refractivity contribution in [1.29, 1.82) is 0 Å². The van der Waals surface area contributed by atoms with Gasteiger partial charge in [-0.25, -0.2) is 9.37 Å². The van der Waals surface area contributed by atoms with E-state index in [1.54, 1.807) is 16.9 Å². The normalized spacial score (nSPS) is 18.7. The van der Waals surface area contributed by atoms with Crippen LogP contribution in [0, 0.1) is 0 Å². The number of amides is 1. The van der Waals surface area contributed by atoms with Crippen molar-refractivity contribution in [3.8, 4) is 11.3 Å². The number of carbonyl (C=O) groups excluding carboxylic acids is 1. The average Bonchev–Trinajstić information content (AvgIpc) is 3.24. The van der Waals surface area contributed by atoms with Gasteiger partial charge in [-0.2, -0.15) is 9.61 Å². The lowest BCUT2D eigenvalue weighted by molar-refractivity contribution is 0.0952. The van der Waals surface area contributed by atoms with Crippen LogP contribution < -0.4 is 10.6 Å². The molecular formula is C24H27FN8O. The number of anilines is 1. The summed E-state index contributed by atoms with van der Waals surface area (Å²) in [7, 11) is 1.83. The number of nitrogens with zero attached hydrogens (tertiary/aromatic N) is 6. The van der Waals surface area contributed by atoms with Gasteiger partial charge in [-0.15, -0.1) is 0 Å². The molecule has 4 aromatic rings. The largest absolute Gasteiger partial charge is 0.373 e. The molecule has 9 nitrogen and oxygen atoms in total. The molecule has 10 heteroatoms. The van der Waals surface area contributed by atoms with Gasteiger partial charge < -0.3 is 15.2 Å². The average molecular weight is 463 g/mol. The molecule has 0 aromatic carbocycles. The minimum Gasteiger partial charge on any atom is -0.373 e. The van der Waals surface area contributed by atoms with Crippen LogP contribution in [0.25, 0.3) is 27.8 Å². The molecule has 0 radical (unpaired) electrons. The number of hydrogen-bond donors (Lipinski definition) is 2. The lowest BCUT2D eigenvalue weighted by atomic mass is 10.1. The first-order valence-corrected chi connectivity index (χ1v) is 11.8. The first-order valence-electron chi connectivity index (χ1n) is 11.8. The molecule has 1 atom stereocenters. The molecule has 176 valence electrons. The third-order valence-electron chi connectivity index (χ3n) is 6.84. The number of alkyl halides is 1. The number of pyridine rings is 1. The number of hydrogen-bond acceptors (Lipinski definition) is 6. The van der Waals surface area contributed by atoms with E-state index < -0.39 is 0 Å². The molecule has 0 bridgehead atoms. The summed E-state index contributed by atoms with van der Waals surface area (Å²) in [4.78, 5) is 24.2. The molecular weight excluding hydrogens is 435 g/mol. The second kappa shape index (κ2) is 8.35. The summed E-state index contributed by atoms with van der Waals surface area (Å²) in [5, 5.41) is 11.7. The van der Waals surface area contributed by atoms with Crippen LogP contribution >= 0.6 is 0 Å². The van der Waals surface area contributed by atoms with E-state index in [0.29, 0.717) is 17.8 Å². The molecule has 2 aliphatic rings. The molecule has 1 saturated heterocycles. The fourth-order valence-electron chi connectivity index (χ4n) is 4.90. The molecule has 0 spiro atoms. The van der Waals surface area contributed by atoms with E-state index in [1.165, 1.54) is 0 Å². The Labute approximate surface area is 196 Å². The van der Waals surface area contributed by atoms with Crippen molar-refractivity contribution in [3.05, 3.63) is 42.5 Å². The van der Waals surface area contributed by atoms with Crippen LogP contribution in [0.5, 0.6) is 0 Å². The van der Waals surface area contributed by atoms with Crippen LogP contribution in [0.1, 0.15) is 35.7 Å². The molecule has 34 heavy (non-hydrogen) atoms. The van der Waals surface area contributed by atoms with Crippen LogP contribution in [0.15, 0.2) is 36.9 Å². The maximum atomic E-state index is 12.9. The highest BCUT2D eigenvalue weighted by atomic mass is 19.1. The lowest BCUT2D eigenvalue weighted by Crippen LogP contribution is -2.25. The van der Waals surface area contributed by atoms with Gasteiger partial charge in [-0.1, -0.05) is 0 Å². The molecule has 1 saturated carbocycles. The highest BCUT2D eigenvalue weighted by Gasteiger charge is 2.28. The molecule has 1 aliphatic carbocycles. The second-order valence-electron chi connectivity index (χ2n) is 9.09. The van der Waals surface area contributed by atoms with Crippen LogP contribution in [0.3, 0.4) is 0 Å². The number of aromatic nitrogens is 5. The van der Waals surface area contributed by atoms with Gasteiger partial charge in [0.25, 0.3) is 5.91 Å². The van der Waals surface area contributed by atoms with Gasteiger partial charge >= 0.3 is 0 Å². The van der Waals surface area contributed by atoms with Crippen LogP contribution in [0.4, 0.5) is 10.2 Å². The SMILES string of the molecule is CNc1cc(-c2cn([C@H]3CCN(CCF)C3)c3cnccc23)nc2c(C(=O)NC3CC3)cnn12. The number of fused-ring (bicyclic) bond motifs is 2. The van der Waals surface area contributed by atoms with Crippen molar-refractivity contribution in [2.24, 2.45) is 0 Å². The van der Waals surface area contributed by atoms with E-state index >= 15 is 0 Å². The summed E-state index contributed by atoms with van der Waals surface area (Å²) in [6, 6.07) is 4.45. The molecule has 2 fully saturated rings. The fourth-order valence-corrected chi connectivity index (χ4v) is 4.90. The number of likely N-dealkylation sites (tertiary alicyclic amines) is 1. The van der Waals surface area contributed by atoms with E-state index in [4.69, 9.17) is 4.98 Å². The van der Waals surface area contributed by atoms with Crippen molar-refractivity contribution < 1.29 is 9.18 Å². The maximum absolute atomic E-state index is 12.9. The summed E-state index contributed by atoms with van der Waals surface area (Å²) in [5.74, 6) is 0.602. The Balaban J connectivity index is 1.46. The fraction of sp³-hybridized carbons (Fsp3) is 0.417. The standard InChI is InChI=1S/C24H27FN8O/c1-26-22-10-20(30-23-18(11-28-33(22)23)24(34)29-15-2-3-15)19-14-32(21-12-27-7-4-17(19)21)16-5-8-31(13-16)9-6-25/h4,7,10-12,14-16,26H,2-3,5-6,8-9,13H2,1H3,(H,29,34)/t16-/m0/s1. The summed E-state index contributed by atoms with van der Waals surface area (Å²) in [6.45, 7) is 1.83. The third-order valence-corrected chi connectivity index (χ3v) is 6.84. The number of rotatable bonds is 7. The van der Waals surface area contributed by atoms with Crippen molar-refractivity contribution in [3.63, 3.8) is 0 Å². The van der Waals surface area contributed by atoms with Gasteiger partial charge in [0.05, 0.1) is 23.6 Å². The summed E-state index contributed by atoms with van der Waals surface area (Å²) < 4.78 is 16.8. The first kappa shape index (κ1) is 21.0. The monoisotopic (exact) mass is 462 g/mol. The summed E-state index contributed by atoms with van der Waals surface area (Å²) >= 11 is 0. The molecule has 2 N–H and O–H groups in total. The highest BCUT2D eigenvalue weighted by molar-refractivity contribution is 6.01. The molecule has 1 aliphatic heterocycles. The van der Waals surface area contributed by atoms with E-state index in [1.807, 2.05) is 25.4 Å². The van der Waals surface area contributed by atoms with E-state index in [9.17, 15) is 9.18 Å². The van der Waals surface area contributed by atoms with Crippen LogP contribution in [-0.4, -0.2) is 74.4 Å². The minimum absolute atomic E-state index is 0.144. The van der Waals surface area contributed by atoms with Gasteiger partial charge in [-0.3, -0.25) is 14.7 Å². The molecule has 4 aromatic heterocycles. The molecule has 1 amide bonds. The predicted octanol–water partition coefficient (Wildman–Crippen LogP) is 2.90. The first-order chi connectivity index (χ1) is 16.7. The maximum Gasteiger partial charge on any atom is 0.256 e. The Bertz CT molecular complexity index is 1370. The minimum atomic E-state index is -0.329. The Morgan fingerprint density at radius 1 is 1.26 bits per heavy atom. The van der Waals surface area contributed by atoms with E-state index in [-0.39, 0.29) is 24.7 Å². The topological polar surface area (TPSA) is 92.4 Å². The van der Waals surface area contributed by atoms with Gasteiger partial charge in [0.15, 0.2) is 5.65 Å². The molecule has 6 rings (SSSR count). The zero-order valence-corrected chi connectivity index (χ0v) is 19.0. The zero-order valence-electron chi connectivity index (χ0n) is 19.0. The van der Waals surface area contributed by atoms with Crippen LogP contribution in [0.2, 0.25) is 0 Å². The highest BCUT2D eigenvalue weighted by Crippen LogP contribution is 2.35. The number of nitrogens with one attached hydrogen (secondary N) is 2. The quantitative estimate of drug-likeness (QED) is 0.439. The second-order valence-corrected chi connectivity index (χ2v) is 9.09. The third kappa shape index (κ3) is 3.58. The van der Waals surface area contributed by atoms with Crippen molar-refractivity contribution >= 4 is 28.3 Å². The number of carbonyl (C=O) groups is 1. The van der Waals surface area contributed by atoms with Crippen LogP contribution in [-0.2, 0) is 0 Å². The summed E-state index contributed by atoms with van der Waals surface area (Å²) in [5.41, 5.74) is 3.73. The predicted molar refractivity (Wildman–Crippen MR) is 128 cm³/mol. The van der Waals surface area contributed by atoms with Crippen molar-refractivity contribution in [2.75, 3.05) is 38.7 Å². The van der Waals surface area contributed by atoms with Gasteiger partial charge in [0.2, 0.25) is 0 Å². The van der Waals surface area contributed by atoms with Gasteiger partial charge in [0, 0.05) is 68.2 Å². The van der Waals surface area contributed by atoms with E-state index in [2.05, 4.69) is 36.4 Å². The van der Waals surface area contributed by atoms with Gasteiger partial charge in [0.1, 0.15) is 18.1 Å². The lowest BCUT2D eigenvalue weighted by Gasteiger charge is -2.16.